The van der Waals surface area contributed by atoms with Crippen molar-refractivity contribution in [3.63, 3.8) is 0 Å². The Bertz CT molecular complexity index is 839. The van der Waals surface area contributed by atoms with E-state index in [1.54, 1.807) is 0 Å². The van der Waals surface area contributed by atoms with Crippen molar-refractivity contribution in [2.75, 3.05) is 13.6 Å². The summed E-state index contributed by atoms with van der Waals surface area (Å²) in [5.41, 5.74) is 5.64. The van der Waals surface area contributed by atoms with E-state index in [9.17, 15) is 0 Å². The maximum absolute atomic E-state index is 2.42. The van der Waals surface area contributed by atoms with Gasteiger partial charge in [0, 0.05) is 41.8 Å². The van der Waals surface area contributed by atoms with E-state index in [0.717, 1.165) is 19.5 Å². The Morgan fingerprint density at radius 3 is 2.82 bits per heavy atom. The second-order valence-corrected chi connectivity index (χ2v) is 7.34. The van der Waals surface area contributed by atoms with Crippen LogP contribution in [0.1, 0.15) is 21.7 Å². The zero-order valence-electron chi connectivity index (χ0n) is 13.0. The van der Waals surface area contributed by atoms with Crippen LogP contribution in [0.3, 0.4) is 0 Å². The summed E-state index contributed by atoms with van der Waals surface area (Å²) in [6.07, 6.45) is 5.59. The first-order valence-corrected chi connectivity index (χ1v) is 8.58. The summed E-state index contributed by atoms with van der Waals surface area (Å²) >= 11 is 1.93. The largest absolute Gasteiger partial charge is 0.319 e. The van der Waals surface area contributed by atoms with Crippen LogP contribution >= 0.6 is 11.3 Å². The van der Waals surface area contributed by atoms with Gasteiger partial charge in [-0.3, -0.25) is 0 Å². The minimum absolute atomic E-state index is 1.07. The lowest BCUT2D eigenvalue weighted by Crippen LogP contribution is -2.26. The lowest BCUT2D eigenvalue weighted by atomic mass is 10.1. The van der Waals surface area contributed by atoms with Crippen molar-refractivity contribution in [2.24, 2.45) is 0 Å². The van der Waals surface area contributed by atoms with E-state index in [1.807, 2.05) is 11.3 Å². The fraction of sp³-hybridized carbons (Fsp3) is 0.263. The Labute approximate surface area is 135 Å². The monoisotopic (exact) mass is 308 g/mol. The fourth-order valence-corrected chi connectivity index (χ4v) is 4.35. The topological polar surface area (TPSA) is 8.17 Å². The van der Waals surface area contributed by atoms with Crippen molar-refractivity contribution < 1.29 is 0 Å². The van der Waals surface area contributed by atoms with Crippen molar-refractivity contribution in [1.82, 2.24) is 9.47 Å². The Kier molecular flexibility index (Phi) is 3.40. The van der Waals surface area contributed by atoms with Crippen molar-refractivity contribution >= 4 is 33.8 Å². The van der Waals surface area contributed by atoms with E-state index in [-0.39, 0.29) is 0 Å². The van der Waals surface area contributed by atoms with Gasteiger partial charge in [0.25, 0.3) is 0 Å². The molecule has 22 heavy (non-hydrogen) atoms. The van der Waals surface area contributed by atoms with Crippen molar-refractivity contribution in [2.45, 2.75) is 19.9 Å². The molecule has 2 aromatic heterocycles. The molecule has 3 heteroatoms. The van der Waals surface area contributed by atoms with Crippen LogP contribution in [0, 0.1) is 6.92 Å². The molecule has 0 saturated heterocycles. The molecule has 0 bridgehead atoms. The number of aromatic nitrogens is 1. The molecule has 0 unspecified atom stereocenters. The minimum atomic E-state index is 1.07. The predicted octanol–water partition coefficient (Wildman–Crippen LogP) is 4.63. The Morgan fingerprint density at radius 2 is 2.00 bits per heavy atom. The molecule has 4 rings (SSSR count). The quantitative estimate of drug-likeness (QED) is 0.670. The number of likely N-dealkylation sites (N-methyl/N-ethyl adjacent to an activating group) is 1. The molecule has 112 valence electrons. The first-order chi connectivity index (χ1) is 10.7. The first-order valence-electron chi connectivity index (χ1n) is 7.76. The Hall–Kier alpha value is -1.84. The van der Waals surface area contributed by atoms with E-state index in [1.165, 1.54) is 31.9 Å². The van der Waals surface area contributed by atoms with Gasteiger partial charge in [0.05, 0.1) is 10.2 Å². The van der Waals surface area contributed by atoms with Crippen molar-refractivity contribution in [3.8, 4) is 0 Å². The van der Waals surface area contributed by atoms with E-state index in [0.29, 0.717) is 0 Å². The van der Waals surface area contributed by atoms with Crippen LogP contribution in [0.4, 0.5) is 0 Å². The molecule has 1 aromatic carbocycles. The third-order valence-corrected chi connectivity index (χ3v) is 5.48. The normalized spacial score (nSPS) is 15.7. The SMILES string of the molecule is Cc1cc2c(s1)c1c(n2C=Cc2ccccc2)CCN(C)C1. The van der Waals surface area contributed by atoms with Crippen molar-refractivity contribution in [1.29, 1.82) is 0 Å². The highest BCUT2D eigenvalue weighted by Crippen LogP contribution is 2.36. The van der Waals surface area contributed by atoms with Gasteiger partial charge in [-0.15, -0.1) is 11.3 Å². The third kappa shape index (κ3) is 2.31. The van der Waals surface area contributed by atoms with Crippen LogP contribution in [0.25, 0.3) is 22.5 Å². The Balaban J connectivity index is 1.84. The molecular weight excluding hydrogens is 288 g/mol. The van der Waals surface area contributed by atoms with E-state index in [2.05, 4.69) is 72.1 Å². The average Bonchev–Trinajstić information content (AvgIpc) is 3.02. The molecular formula is C19H20N2S. The molecule has 3 aromatic rings. The van der Waals surface area contributed by atoms with Gasteiger partial charge in [0.2, 0.25) is 0 Å². The van der Waals surface area contributed by atoms with E-state index in [4.69, 9.17) is 0 Å². The summed E-state index contributed by atoms with van der Waals surface area (Å²) in [6.45, 7) is 4.41. The number of fused-ring (bicyclic) bond motifs is 3. The molecule has 0 radical (unpaired) electrons. The summed E-state index contributed by atoms with van der Waals surface area (Å²) < 4.78 is 3.88. The van der Waals surface area contributed by atoms with Crippen LogP contribution in [0.15, 0.2) is 36.4 Å². The highest BCUT2D eigenvalue weighted by molar-refractivity contribution is 7.19. The van der Waals surface area contributed by atoms with Gasteiger partial charge in [0.1, 0.15) is 0 Å². The Morgan fingerprint density at radius 1 is 1.18 bits per heavy atom. The van der Waals surface area contributed by atoms with Crippen molar-refractivity contribution in [3.05, 3.63) is 58.1 Å². The summed E-state index contributed by atoms with van der Waals surface area (Å²) in [4.78, 5) is 3.81. The number of thiophene rings is 1. The van der Waals surface area contributed by atoms with Gasteiger partial charge in [-0.25, -0.2) is 0 Å². The van der Waals surface area contributed by atoms with E-state index < -0.39 is 0 Å². The number of rotatable bonds is 2. The van der Waals surface area contributed by atoms with Crippen LogP contribution < -0.4 is 0 Å². The second-order valence-electron chi connectivity index (χ2n) is 6.08. The standard InChI is InChI=1S/C19H20N2S/c1-14-12-18-19(22-14)16-13-20(2)10-9-17(16)21(18)11-8-15-6-4-3-5-7-15/h3-8,11-12H,9-10,13H2,1-2H3. The zero-order valence-corrected chi connectivity index (χ0v) is 13.9. The number of hydrogen-bond acceptors (Lipinski definition) is 2. The van der Waals surface area contributed by atoms with Crippen LogP contribution in [-0.2, 0) is 13.0 Å². The number of benzene rings is 1. The van der Waals surface area contributed by atoms with Gasteiger partial charge in [-0.2, -0.15) is 0 Å². The molecule has 0 atom stereocenters. The zero-order chi connectivity index (χ0) is 15.1. The summed E-state index contributed by atoms with van der Waals surface area (Å²) in [6, 6.07) is 12.9. The van der Waals surface area contributed by atoms with Gasteiger partial charge >= 0.3 is 0 Å². The molecule has 0 amide bonds. The smallest absolute Gasteiger partial charge is 0.0639 e. The maximum atomic E-state index is 2.42. The van der Waals surface area contributed by atoms with Crippen LogP contribution in [-0.4, -0.2) is 23.1 Å². The molecule has 3 heterocycles. The highest BCUT2D eigenvalue weighted by Gasteiger charge is 2.22. The lowest BCUT2D eigenvalue weighted by molar-refractivity contribution is 0.312. The minimum Gasteiger partial charge on any atom is -0.319 e. The lowest BCUT2D eigenvalue weighted by Gasteiger charge is -2.23. The second kappa shape index (κ2) is 5.41. The number of aryl methyl sites for hydroxylation is 1. The molecule has 0 aliphatic carbocycles. The predicted molar refractivity (Wildman–Crippen MR) is 96.3 cm³/mol. The first kappa shape index (κ1) is 13.8. The molecule has 0 saturated carbocycles. The van der Waals surface area contributed by atoms with Gasteiger partial charge in [-0.1, -0.05) is 30.3 Å². The van der Waals surface area contributed by atoms with Gasteiger partial charge in [0.15, 0.2) is 0 Å². The summed E-state index contributed by atoms with van der Waals surface area (Å²) in [5.74, 6) is 0. The average molecular weight is 308 g/mol. The highest BCUT2D eigenvalue weighted by atomic mass is 32.1. The van der Waals surface area contributed by atoms with Crippen LogP contribution in [0.2, 0.25) is 0 Å². The maximum Gasteiger partial charge on any atom is 0.0639 e. The number of hydrogen-bond donors (Lipinski definition) is 0. The summed E-state index contributed by atoms with van der Waals surface area (Å²) in [5, 5.41) is 0. The number of nitrogens with zero attached hydrogens (tertiary/aromatic N) is 2. The van der Waals surface area contributed by atoms with Gasteiger partial charge in [-0.05, 0) is 31.7 Å². The summed E-state index contributed by atoms with van der Waals surface area (Å²) in [7, 11) is 2.21. The third-order valence-electron chi connectivity index (χ3n) is 4.38. The molecule has 1 aliphatic rings. The van der Waals surface area contributed by atoms with Gasteiger partial charge < -0.3 is 9.47 Å². The van der Waals surface area contributed by atoms with Crippen LogP contribution in [0.5, 0.6) is 0 Å². The molecule has 2 nitrogen and oxygen atoms in total. The molecule has 0 N–H and O–H groups in total. The van der Waals surface area contributed by atoms with E-state index >= 15 is 0 Å². The molecule has 0 fully saturated rings. The fourth-order valence-electron chi connectivity index (χ4n) is 3.29. The molecule has 0 spiro atoms. The molecule has 1 aliphatic heterocycles.